The molecule has 1 heterocycles. The van der Waals surface area contributed by atoms with Crippen LogP contribution in [0.4, 0.5) is 5.82 Å². The van der Waals surface area contributed by atoms with Gasteiger partial charge in [-0.15, -0.1) is 0 Å². The Morgan fingerprint density at radius 3 is 2.88 bits per heavy atom. The summed E-state index contributed by atoms with van der Waals surface area (Å²) in [7, 11) is 1.64. The lowest BCUT2D eigenvalue weighted by molar-refractivity contribution is -0.136. The molecule has 1 aromatic rings. The first kappa shape index (κ1) is 12.2. The summed E-state index contributed by atoms with van der Waals surface area (Å²) in [4.78, 5) is 27.8. The summed E-state index contributed by atoms with van der Waals surface area (Å²) in [6.45, 7) is 2.70. The van der Waals surface area contributed by atoms with Gasteiger partial charge in [-0.1, -0.05) is 0 Å². The molecule has 6 heteroatoms. The fourth-order valence-corrected chi connectivity index (χ4v) is 1.35. The SMILES string of the molecule is CCN(CCC(=O)O)c1nccn(C)c1=O. The molecule has 0 saturated carbocycles. The second-order valence-electron chi connectivity index (χ2n) is 3.39. The molecule has 0 spiro atoms. The second-order valence-corrected chi connectivity index (χ2v) is 3.39. The summed E-state index contributed by atoms with van der Waals surface area (Å²) in [5.41, 5.74) is -0.213. The van der Waals surface area contributed by atoms with Crippen molar-refractivity contribution in [1.29, 1.82) is 0 Å². The molecular formula is C10H15N3O3. The fourth-order valence-electron chi connectivity index (χ4n) is 1.35. The van der Waals surface area contributed by atoms with Crippen molar-refractivity contribution in [3.8, 4) is 0 Å². The van der Waals surface area contributed by atoms with Gasteiger partial charge in [0.15, 0.2) is 5.82 Å². The van der Waals surface area contributed by atoms with E-state index in [1.54, 1.807) is 18.1 Å². The highest BCUT2D eigenvalue weighted by Gasteiger charge is 2.12. The van der Waals surface area contributed by atoms with Gasteiger partial charge < -0.3 is 14.6 Å². The molecule has 0 saturated heterocycles. The van der Waals surface area contributed by atoms with Crippen molar-refractivity contribution in [2.45, 2.75) is 13.3 Å². The molecule has 0 aliphatic rings. The quantitative estimate of drug-likeness (QED) is 0.768. The molecule has 0 aliphatic heterocycles. The van der Waals surface area contributed by atoms with Crippen LogP contribution in [0.2, 0.25) is 0 Å². The summed E-state index contributed by atoms with van der Waals surface area (Å²) in [6.07, 6.45) is 3.09. The maximum Gasteiger partial charge on any atom is 0.305 e. The van der Waals surface area contributed by atoms with Crippen LogP contribution in [0.5, 0.6) is 0 Å². The molecule has 0 unspecified atom stereocenters. The Balaban J connectivity index is 2.91. The van der Waals surface area contributed by atoms with Crippen LogP contribution in [0.25, 0.3) is 0 Å². The molecule has 1 rings (SSSR count). The average Bonchev–Trinajstić information content (AvgIpc) is 2.24. The number of hydrogen-bond acceptors (Lipinski definition) is 4. The normalized spacial score (nSPS) is 10.1. The molecule has 0 amide bonds. The van der Waals surface area contributed by atoms with E-state index in [2.05, 4.69) is 4.98 Å². The molecular weight excluding hydrogens is 210 g/mol. The maximum atomic E-state index is 11.7. The van der Waals surface area contributed by atoms with Crippen LogP contribution >= 0.6 is 0 Å². The van der Waals surface area contributed by atoms with E-state index in [1.807, 2.05) is 6.92 Å². The molecule has 88 valence electrons. The number of rotatable bonds is 5. The highest BCUT2D eigenvalue weighted by molar-refractivity contribution is 5.67. The van der Waals surface area contributed by atoms with Crippen molar-refractivity contribution in [3.63, 3.8) is 0 Å². The molecule has 0 bridgehead atoms. The van der Waals surface area contributed by atoms with E-state index in [9.17, 15) is 9.59 Å². The van der Waals surface area contributed by atoms with Gasteiger partial charge >= 0.3 is 5.97 Å². The molecule has 0 atom stereocenters. The Bertz CT molecular complexity index is 428. The van der Waals surface area contributed by atoms with E-state index in [0.717, 1.165) is 0 Å². The molecule has 0 radical (unpaired) electrons. The monoisotopic (exact) mass is 225 g/mol. The van der Waals surface area contributed by atoms with Crippen LogP contribution in [-0.2, 0) is 11.8 Å². The first-order valence-corrected chi connectivity index (χ1v) is 5.04. The number of carbonyl (C=O) groups is 1. The third kappa shape index (κ3) is 2.82. The van der Waals surface area contributed by atoms with E-state index in [-0.39, 0.29) is 18.5 Å². The van der Waals surface area contributed by atoms with Crippen LogP contribution in [0.1, 0.15) is 13.3 Å². The Hall–Kier alpha value is -1.85. The van der Waals surface area contributed by atoms with Crippen molar-refractivity contribution in [2.24, 2.45) is 7.05 Å². The van der Waals surface area contributed by atoms with Gasteiger partial charge in [-0.05, 0) is 6.92 Å². The van der Waals surface area contributed by atoms with Gasteiger partial charge in [0.25, 0.3) is 5.56 Å². The number of aliphatic carboxylic acids is 1. The Morgan fingerprint density at radius 2 is 2.31 bits per heavy atom. The summed E-state index contributed by atoms with van der Waals surface area (Å²) in [5, 5.41) is 8.60. The first-order valence-electron chi connectivity index (χ1n) is 5.04. The number of nitrogens with zero attached hydrogens (tertiary/aromatic N) is 3. The second kappa shape index (κ2) is 5.29. The Kier molecular flexibility index (Phi) is 4.04. The van der Waals surface area contributed by atoms with Gasteiger partial charge in [0, 0.05) is 32.5 Å². The van der Waals surface area contributed by atoms with Gasteiger partial charge in [0.2, 0.25) is 0 Å². The van der Waals surface area contributed by atoms with Gasteiger partial charge in [-0.25, -0.2) is 4.98 Å². The van der Waals surface area contributed by atoms with Gasteiger partial charge in [-0.2, -0.15) is 0 Å². The minimum absolute atomic E-state index is 0.00638. The lowest BCUT2D eigenvalue weighted by Gasteiger charge is -2.20. The number of anilines is 1. The lowest BCUT2D eigenvalue weighted by Crippen LogP contribution is -2.33. The van der Waals surface area contributed by atoms with Crippen LogP contribution < -0.4 is 10.5 Å². The van der Waals surface area contributed by atoms with Gasteiger partial charge in [-0.3, -0.25) is 9.59 Å². The predicted molar refractivity (Wildman–Crippen MR) is 59.6 cm³/mol. The first-order chi connectivity index (χ1) is 7.56. The van der Waals surface area contributed by atoms with Crippen molar-refractivity contribution in [1.82, 2.24) is 9.55 Å². The molecule has 0 aliphatic carbocycles. The standard InChI is InChI=1S/C10H15N3O3/c1-3-13(6-4-8(14)15)9-10(16)12(2)7-5-11-9/h5,7H,3-4,6H2,1-2H3,(H,14,15). The van der Waals surface area contributed by atoms with Crippen LogP contribution in [-0.4, -0.2) is 33.7 Å². The predicted octanol–water partition coefficient (Wildman–Crippen LogP) is 0.0813. The Morgan fingerprint density at radius 1 is 1.62 bits per heavy atom. The zero-order valence-electron chi connectivity index (χ0n) is 9.38. The van der Waals surface area contributed by atoms with E-state index in [0.29, 0.717) is 12.4 Å². The highest BCUT2D eigenvalue weighted by atomic mass is 16.4. The van der Waals surface area contributed by atoms with E-state index >= 15 is 0 Å². The van der Waals surface area contributed by atoms with E-state index in [1.165, 1.54) is 10.8 Å². The van der Waals surface area contributed by atoms with Crippen molar-refractivity contribution < 1.29 is 9.90 Å². The zero-order valence-corrected chi connectivity index (χ0v) is 9.38. The van der Waals surface area contributed by atoms with Crippen LogP contribution in [0.3, 0.4) is 0 Å². The van der Waals surface area contributed by atoms with Crippen LogP contribution in [0, 0.1) is 0 Å². The molecule has 1 N–H and O–H groups in total. The van der Waals surface area contributed by atoms with Crippen molar-refractivity contribution >= 4 is 11.8 Å². The minimum Gasteiger partial charge on any atom is -0.481 e. The van der Waals surface area contributed by atoms with E-state index < -0.39 is 5.97 Å². The third-order valence-electron chi connectivity index (χ3n) is 2.28. The van der Waals surface area contributed by atoms with Crippen molar-refractivity contribution in [2.75, 3.05) is 18.0 Å². The molecule has 16 heavy (non-hydrogen) atoms. The van der Waals surface area contributed by atoms with Crippen LogP contribution in [0.15, 0.2) is 17.2 Å². The number of hydrogen-bond donors (Lipinski definition) is 1. The zero-order chi connectivity index (χ0) is 12.1. The minimum atomic E-state index is -0.883. The number of aromatic nitrogens is 2. The molecule has 6 nitrogen and oxygen atoms in total. The lowest BCUT2D eigenvalue weighted by atomic mass is 10.3. The molecule has 1 aromatic heterocycles. The molecule has 0 aromatic carbocycles. The third-order valence-corrected chi connectivity index (χ3v) is 2.28. The van der Waals surface area contributed by atoms with E-state index in [4.69, 9.17) is 5.11 Å². The average molecular weight is 225 g/mol. The van der Waals surface area contributed by atoms with Gasteiger partial charge in [0.05, 0.1) is 6.42 Å². The summed E-state index contributed by atoms with van der Waals surface area (Å²) < 4.78 is 1.42. The number of carboxylic acids is 1. The fraction of sp³-hybridized carbons (Fsp3) is 0.500. The maximum absolute atomic E-state index is 11.7. The molecule has 0 fully saturated rings. The Labute approximate surface area is 93.1 Å². The summed E-state index contributed by atoms with van der Waals surface area (Å²) in [6, 6.07) is 0. The topological polar surface area (TPSA) is 75.4 Å². The van der Waals surface area contributed by atoms with Crippen molar-refractivity contribution in [3.05, 3.63) is 22.7 Å². The smallest absolute Gasteiger partial charge is 0.305 e. The number of carboxylic acid groups (broad SMARTS) is 1. The highest BCUT2D eigenvalue weighted by Crippen LogP contribution is 2.03. The summed E-state index contributed by atoms with van der Waals surface area (Å²) in [5.74, 6) is -0.583. The summed E-state index contributed by atoms with van der Waals surface area (Å²) >= 11 is 0. The van der Waals surface area contributed by atoms with Gasteiger partial charge in [0.1, 0.15) is 0 Å². The number of aryl methyl sites for hydroxylation is 1. The largest absolute Gasteiger partial charge is 0.481 e.